The molecule has 0 radical (unpaired) electrons. The van der Waals surface area contributed by atoms with Crippen LogP contribution in [0.25, 0.3) is 0 Å². The molecule has 0 amide bonds. The average molecular weight is 428 g/mol. The maximum atomic E-state index is 13.3. The molecule has 0 atom stereocenters. The first-order valence-electron chi connectivity index (χ1n) is 9.65. The van der Waals surface area contributed by atoms with Crippen LogP contribution in [0.1, 0.15) is 18.5 Å². The molecule has 9 heteroatoms. The van der Waals surface area contributed by atoms with Gasteiger partial charge in [0.2, 0.25) is 5.95 Å². The second kappa shape index (κ2) is 8.27. The lowest BCUT2D eigenvalue weighted by Crippen LogP contribution is -2.21. The third kappa shape index (κ3) is 4.68. The third-order valence-corrected chi connectivity index (χ3v) is 6.13. The summed E-state index contributed by atoms with van der Waals surface area (Å²) in [5.41, 5.74) is 2.00. The molecule has 3 aromatic rings. The van der Waals surface area contributed by atoms with E-state index in [9.17, 15) is 12.8 Å². The van der Waals surface area contributed by atoms with Gasteiger partial charge in [-0.1, -0.05) is 6.07 Å². The zero-order valence-corrected chi connectivity index (χ0v) is 17.3. The fourth-order valence-corrected chi connectivity index (χ4v) is 4.38. The zero-order chi connectivity index (χ0) is 21.1. The molecular weight excluding hydrogens is 405 g/mol. The van der Waals surface area contributed by atoms with Gasteiger partial charge in [-0.15, -0.1) is 0 Å². The van der Waals surface area contributed by atoms with E-state index in [1.807, 2.05) is 13.0 Å². The minimum Gasteiger partial charge on any atom is -0.341 e. The zero-order valence-electron chi connectivity index (χ0n) is 16.5. The first-order chi connectivity index (χ1) is 14.4. The standard InChI is InChI=1S/C21H22FN5O2S/c1-15-13-20(25-21(23-15)27-11-2-3-12-27)24-17-7-9-18(10-8-17)26-30(28,29)19-6-4-5-16(22)14-19/h4-10,13-14,26H,2-3,11-12H2,1H3,(H,23,24,25). The lowest BCUT2D eigenvalue weighted by Gasteiger charge is -2.17. The van der Waals surface area contributed by atoms with E-state index >= 15 is 0 Å². The van der Waals surface area contributed by atoms with Gasteiger partial charge in [0.25, 0.3) is 10.0 Å². The van der Waals surface area contributed by atoms with Gasteiger partial charge < -0.3 is 10.2 Å². The van der Waals surface area contributed by atoms with Gasteiger partial charge in [-0.05, 0) is 62.2 Å². The normalized spacial score (nSPS) is 14.0. The smallest absolute Gasteiger partial charge is 0.261 e. The van der Waals surface area contributed by atoms with Crippen molar-refractivity contribution >= 4 is 33.2 Å². The summed E-state index contributed by atoms with van der Waals surface area (Å²) < 4.78 is 40.6. The summed E-state index contributed by atoms with van der Waals surface area (Å²) in [5.74, 6) is 0.790. The van der Waals surface area contributed by atoms with Crippen LogP contribution in [0.5, 0.6) is 0 Å². The fourth-order valence-electron chi connectivity index (χ4n) is 3.29. The van der Waals surface area contributed by atoms with Gasteiger partial charge in [-0.2, -0.15) is 4.98 Å². The Bertz CT molecular complexity index is 1150. The molecule has 2 aromatic carbocycles. The molecule has 1 saturated heterocycles. The predicted molar refractivity (Wildman–Crippen MR) is 115 cm³/mol. The Kier molecular flexibility index (Phi) is 5.54. The summed E-state index contributed by atoms with van der Waals surface area (Å²) >= 11 is 0. The summed E-state index contributed by atoms with van der Waals surface area (Å²) in [6.07, 6.45) is 2.29. The van der Waals surface area contributed by atoms with Gasteiger partial charge in [0, 0.05) is 36.2 Å². The lowest BCUT2D eigenvalue weighted by atomic mass is 10.3. The van der Waals surface area contributed by atoms with Crippen molar-refractivity contribution in [1.82, 2.24) is 9.97 Å². The summed E-state index contributed by atoms with van der Waals surface area (Å²) in [5, 5.41) is 3.23. The van der Waals surface area contributed by atoms with Crippen LogP contribution in [0.3, 0.4) is 0 Å². The predicted octanol–water partition coefficient (Wildman–Crippen LogP) is 4.07. The Balaban J connectivity index is 1.48. The van der Waals surface area contributed by atoms with E-state index in [2.05, 4.69) is 24.9 Å². The molecule has 0 spiro atoms. The van der Waals surface area contributed by atoms with Gasteiger partial charge in [-0.25, -0.2) is 17.8 Å². The Morgan fingerprint density at radius 2 is 1.67 bits per heavy atom. The van der Waals surface area contributed by atoms with Gasteiger partial charge in [0.05, 0.1) is 4.90 Å². The Morgan fingerprint density at radius 3 is 2.37 bits per heavy atom. The highest BCUT2D eigenvalue weighted by Crippen LogP contribution is 2.23. The summed E-state index contributed by atoms with van der Waals surface area (Å²) in [4.78, 5) is 11.2. The number of anilines is 4. The van der Waals surface area contributed by atoms with E-state index in [0.29, 0.717) is 11.5 Å². The number of sulfonamides is 1. The number of aromatic nitrogens is 2. The molecule has 0 unspecified atom stereocenters. The molecule has 1 aliphatic heterocycles. The van der Waals surface area contributed by atoms with E-state index in [1.165, 1.54) is 18.2 Å². The number of halogens is 1. The van der Waals surface area contributed by atoms with E-state index in [4.69, 9.17) is 0 Å². The average Bonchev–Trinajstić information content (AvgIpc) is 3.24. The monoisotopic (exact) mass is 427 g/mol. The Morgan fingerprint density at radius 1 is 0.967 bits per heavy atom. The lowest BCUT2D eigenvalue weighted by molar-refractivity contribution is 0.595. The van der Waals surface area contributed by atoms with Crippen molar-refractivity contribution in [1.29, 1.82) is 0 Å². The van der Waals surface area contributed by atoms with Crippen molar-refractivity contribution in [3.8, 4) is 0 Å². The Labute approximate surface area is 175 Å². The topological polar surface area (TPSA) is 87.2 Å². The van der Waals surface area contributed by atoms with Crippen LogP contribution >= 0.6 is 0 Å². The number of hydrogen-bond donors (Lipinski definition) is 2. The number of rotatable bonds is 6. The third-order valence-electron chi connectivity index (χ3n) is 4.75. The van der Waals surface area contributed by atoms with Crippen LogP contribution < -0.4 is 14.9 Å². The second-order valence-electron chi connectivity index (χ2n) is 7.15. The largest absolute Gasteiger partial charge is 0.341 e. The fraction of sp³-hybridized carbons (Fsp3) is 0.238. The number of nitrogens with one attached hydrogen (secondary N) is 2. The number of benzene rings is 2. The van der Waals surface area contributed by atoms with Gasteiger partial charge in [-0.3, -0.25) is 4.72 Å². The molecular formula is C21H22FN5O2S. The van der Waals surface area contributed by atoms with Crippen LogP contribution in [0, 0.1) is 12.7 Å². The highest BCUT2D eigenvalue weighted by molar-refractivity contribution is 7.92. The molecule has 2 N–H and O–H groups in total. The summed E-state index contributed by atoms with van der Waals surface area (Å²) in [7, 11) is -3.86. The first kappa shape index (κ1) is 20.1. The molecule has 1 fully saturated rings. The minimum absolute atomic E-state index is 0.129. The molecule has 7 nitrogen and oxygen atoms in total. The highest BCUT2D eigenvalue weighted by Gasteiger charge is 2.17. The maximum Gasteiger partial charge on any atom is 0.261 e. The second-order valence-corrected chi connectivity index (χ2v) is 8.84. The molecule has 30 heavy (non-hydrogen) atoms. The molecule has 2 heterocycles. The van der Waals surface area contributed by atoms with Gasteiger partial charge >= 0.3 is 0 Å². The number of nitrogens with zero attached hydrogens (tertiary/aromatic N) is 3. The molecule has 4 rings (SSSR count). The van der Waals surface area contributed by atoms with E-state index in [1.54, 1.807) is 24.3 Å². The van der Waals surface area contributed by atoms with E-state index in [-0.39, 0.29) is 4.90 Å². The molecule has 0 bridgehead atoms. The van der Waals surface area contributed by atoms with E-state index in [0.717, 1.165) is 49.3 Å². The molecule has 156 valence electrons. The van der Waals surface area contributed by atoms with Crippen molar-refractivity contribution in [3.05, 3.63) is 66.1 Å². The number of hydrogen-bond acceptors (Lipinski definition) is 6. The molecule has 0 aliphatic carbocycles. The van der Waals surface area contributed by atoms with Crippen LogP contribution in [0.2, 0.25) is 0 Å². The summed E-state index contributed by atoms with van der Waals surface area (Å²) in [6.45, 7) is 3.85. The van der Waals surface area contributed by atoms with Gasteiger partial charge in [0.1, 0.15) is 11.6 Å². The molecule has 1 aliphatic rings. The maximum absolute atomic E-state index is 13.3. The molecule has 1 aromatic heterocycles. The van der Waals surface area contributed by atoms with E-state index < -0.39 is 15.8 Å². The van der Waals surface area contributed by atoms with Crippen molar-refractivity contribution in [2.45, 2.75) is 24.7 Å². The quantitative estimate of drug-likeness (QED) is 0.617. The minimum atomic E-state index is -3.86. The van der Waals surface area contributed by atoms with Crippen molar-refractivity contribution in [2.75, 3.05) is 28.0 Å². The van der Waals surface area contributed by atoms with Crippen molar-refractivity contribution in [3.63, 3.8) is 0 Å². The van der Waals surface area contributed by atoms with Crippen LogP contribution in [-0.4, -0.2) is 31.5 Å². The Hall–Kier alpha value is -3.20. The van der Waals surface area contributed by atoms with Crippen molar-refractivity contribution < 1.29 is 12.8 Å². The molecule has 0 saturated carbocycles. The van der Waals surface area contributed by atoms with Crippen LogP contribution in [0.4, 0.5) is 27.5 Å². The summed E-state index contributed by atoms with van der Waals surface area (Å²) in [6, 6.07) is 13.5. The highest BCUT2D eigenvalue weighted by atomic mass is 32.2. The first-order valence-corrected chi connectivity index (χ1v) is 11.1. The number of aryl methyl sites for hydroxylation is 1. The van der Waals surface area contributed by atoms with Crippen LogP contribution in [-0.2, 0) is 10.0 Å². The van der Waals surface area contributed by atoms with Crippen molar-refractivity contribution in [2.24, 2.45) is 0 Å². The van der Waals surface area contributed by atoms with Gasteiger partial charge in [0.15, 0.2) is 0 Å². The SMILES string of the molecule is Cc1cc(Nc2ccc(NS(=O)(=O)c3cccc(F)c3)cc2)nc(N2CCCC2)n1. The van der Waals surface area contributed by atoms with Crippen LogP contribution in [0.15, 0.2) is 59.5 Å².